The molecule has 0 heterocycles. The molecule has 0 N–H and O–H groups in total. The van der Waals surface area contributed by atoms with Gasteiger partial charge in [0.05, 0.1) is 5.75 Å². The van der Waals surface area contributed by atoms with Crippen molar-refractivity contribution in [3.63, 3.8) is 0 Å². The topological polar surface area (TPSA) is 60.4 Å². The molecule has 0 aliphatic heterocycles. The molecule has 2 aromatic rings. The average molecular weight is 386 g/mol. The molecule has 0 aliphatic rings. The molecule has 0 saturated heterocycles. The second kappa shape index (κ2) is 7.49. The van der Waals surface area contributed by atoms with E-state index in [2.05, 4.69) is 0 Å². The first-order valence-electron chi connectivity index (χ1n) is 7.60. The molecule has 0 bridgehead atoms. The molecule has 0 radical (unpaired) electrons. The summed E-state index contributed by atoms with van der Waals surface area (Å²) in [6.07, 6.45) is 0.547. The van der Waals surface area contributed by atoms with Crippen LogP contribution in [0.25, 0.3) is 0 Å². The Morgan fingerprint density at radius 2 is 1.69 bits per heavy atom. The van der Waals surface area contributed by atoms with Crippen LogP contribution in [0, 0.1) is 13.8 Å². The third-order valence-corrected chi connectivity index (χ3v) is 5.24. The van der Waals surface area contributed by atoms with Crippen molar-refractivity contribution >= 4 is 16.1 Å². The highest BCUT2D eigenvalue weighted by atomic mass is 32.2. The fourth-order valence-electron chi connectivity index (χ4n) is 2.47. The fourth-order valence-corrected chi connectivity index (χ4v) is 3.25. The van der Waals surface area contributed by atoms with E-state index in [9.17, 15) is 26.4 Å². The Balaban J connectivity index is 2.29. The van der Waals surface area contributed by atoms with Crippen molar-refractivity contribution in [3.05, 3.63) is 64.2 Å². The normalized spacial score (nSPS) is 12.0. The van der Waals surface area contributed by atoms with Crippen LogP contribution in [0.3, 0.4) is 0 Å². The van der Waals surface area contributed by atoms with Crippen LogP contribution in [-0.4, -0.2) is 20.2 Å². The van der Waals surface area contributed by atoms with E-state index in [4.69, 9.17) is 4.74 Å². The van der Waals surface area contributed by atoms with Gasteiger partial charge in [-0.3, -0.25) is 4.79 Å². The maximum absolute atomic E-state index is 12.6. The molecule has 140 valence electrons. The lowest BCUT2D eigenvalue weighted by molar-refractivity contribution is -0.0437. The van der Waals surface area contributed by atoms with E-state index >= 15 is 0 Å². The first kappa shape index (κ1) is 20.0. The van der Waals surface area contributed by atoms with Gasteiger partial charge in [-0.2, -0.15) is 13.2 Å². The van der Waals surface area contributed by atoms with Gasteiger partial charge >= 0.3 is 5.51 Å². The molecule has 0 spiro atoms. The van der Waals surface area contributed by atoms with E-state index in [-0.39, 0.29) is 17.7 Å². The van der Waals surface area contributed by atoms with E-state index in [1.165, 1.54) is 18.2 Å². The molecule has 0 aromatic heterocycles. The summed E-state index contributed by atoms with van der Waals surface area (Å²) in [6.45, 7) is 3.62. The molecule has 26 heavy (non-hydrogen) atoms. The largest absolute Gasteiger partial charge is 0.497 e. The van der Waals surface area contributed by atoms with Gasteiger partial charge in [-0.25, -0.2) is 8.42 Å². The zero-order chi connectivity index (χ0) is 19.5. The first-order valence-corrected chi connectivity index (χ1v) is 9.25. The Bertz CT molecular complexity index is 898. The van der Waals surface area contributed by atoms with Crippen molar-refractivity contribution < 1.29 is 31.1 Å². The summed E-state index contributed by atoms with van der Waals surface area (Å²) in [5.41, 5.74) is -3.11. The molecule has 8 heteroatoms. The summed E-state index contributed by atoms with van der Waals surface area (Å²) in [5, 5.41) is 0. The van der Waals surface area contributed by atoms with E-state index in [0.29, 0.717) is 17.6 Å². The van der Waals surface area contributed by atoms with Gasteiger partial charge in [0.15, 0.2) is 0 Å². The summed E-state index contributed by atoms with van der Waals surface area (Å²) >= 11 is 0. The second-order valence-electron chi connectivity index (χ2n) is 5.87. The molecule has 0 saturated carbocycles. The number of aldehydes is 1. The van der Waals surface area contributed by atoms with Crippen LogP contribution in [-0.2, 0) is 22.2 Å². The van der Waals surface area contributed by atoms with Crippen molar-refractivity contribution in [2.75, 3.05) is 0 Å². The molecular weight excluding hydrogens is 369 g/mol. The van der Waals surface area contributed by atoms with Crippen LogP contribution in [0.1, 0.15) is 32.6 Å². The molecular formula is C18H17F3O4S. The molecule has 2 rings (SSSR count). The summed E-state index contributed by atoms with van der Waals surface area (Å²) in [7, 11) is -5.30. The van der Waals surface area contributed by atoms with Crippen molar-refractivity contribution in [2.45, 2.75) is 31.7 Å². The number of hydrogen-bond donors (Lipinski definition) is 0. The number of ether oxygens (including phenoxy) is 1. The van der Waals surface area contributed by atoms with Crippen molar-refractivity contribution in [3.8, 4) is 5.75 Å². The van der Waals surface area contributed by atoms with Crippen LogP contribution in [0.5, 0.6) is 5.75 Å². The quantitative estimate of drug-likeness (QED) is 0.701. The SMILES string of the molecule is Cc1cccc(C)c1OCc1cc(CS(=O)(=O)C(F)(F)F)ccc1C=O. The number of aryl methyl sites for hydroxylation is 2. The number of rotatable bonds is 6. The van der Waals surface area contributed by atoms with Crippen molar-refractivity contribution in [1.29, 1.82) is 0 Å². The van der Waals surface area contributed by atoms with E-state index in [1.807, 2.05) is 32.0 Å². The Morgan fingerprint density at radius 3 is 2.23 bits per heavy atom. The van der Waals surface area contributed by atoms with Crippen molar-refractivity contribution in [1.82, 2.24) is 0 Å². The summed E-state index contributed by atoms with van der Waals surface area (Å²) in [5.74, 6) is -0.580. The van der Waals surface area contributed by atoms with Crippen LogP contribution in [0.4, 0.5) is 13.2 Å². The van der Waals surface area contributed by atoms with Crippen LogP contribution in [0.15, 0.2) is 36.4 Å². The number of carbonyl (C=O) groups is 1. The number of benzene rings is 2. The van der Waals surface area contributed by atoms with Gasteiger partial charge in [0.2, 0.25) is 0 Å². The summed E-state index contributed by atoms with van der Waals surface area (Å²) < 4.78 is 66.0. The highest BCUT2D eigenvalue weighted by Gasteiger charge is 2.45. The minimum absolute atomic E-state index is 0.0620. The van der Waals surface area contributed by atoms with Gasteiger partial charge in [0.1, 0.15) is 18.6 Å². The van der Waals surface area contributed by atoms with Gasteiger partial charge in [0, 0.05) is 11.1 Å². The Labute approximate surface area is 149 Å². The van der Waals surface area contributed by atoms with Crippen LogP contribution in [0.2, 0.25) is 0 Å². The third kappa shape index (κ3) is 4.43. The number of halogens is 3. The number of alkyl halides is 3. The molecule has 0 unspecified atom stereocenters. The number of sulfone groups is 1. The van der Waals surface area contributed by atoms with Gasteiger partial charge in [-0.1, -0.05) is 36.4 Å². The van der Waals surface area contributed by atoms with Crippen molar-refractivity contribution in [2.24, 2.45) is 0 Å². The maximum atomic E-state index is 12.6. The lowest BCUT2D eigenvalue weighted by Gasteiger charge is -2.14. The third-order valence-electron chi connectivity index (χ3n) is 3.82. The maximum Gasteiger partial charge on any atom is 0.497 e. The van der Waals surface area contributed by atoms with Crippen LogP contribution < -0.4 is 4.74 Å². The molecule has 4 nitrogen and oxygen atoms in total. The van der Waals surface area contributed by atoms with E-state index < -0.39 is 21.1 Å². The smallest absolute Gasteiger partial charge is 0.488 e. The minimum atomic E-state index is -5.33. The van der Waals surface area contributed by atoms with Gasteiger partial charge in [-0.05, 0) is 30.5 Å². The Morgan fingerprint density at radius 1 is 1.08 bits per heavy atom. The predicted octanol–water partition coefficient (Wildman–Crippen LogP) is 4.13. The first-order chi connectivity index (χ1) is 12.0. The predicted molar refractivity (Wildman–Crippen MR) is 90.8 cm³/mol. The second-order valence-corrected chi connectivity index (χ2v) is 7.85. The van der Waals surface area contributed by atoms with E-state index in [1.54, 1.807) is 0 Å². The lowest BCUT2D eigenvalue weighted by atomic mass is 10.1. The van der Waals surface area contributed by atoms with E-state index in [0.717, 1.165) is 11.1 Å². The summed E-state index contributed by atoms with van der Waals surface area (Å²) in [6, 6.07) is 9.27. The zero-order valence-corrected chi connectivity index (χ0v) is 14.9. The van der Waals surface area contributed by atoms with Gasteiger partial charge in [-0.15, -0.1) is 0 Å². The highest BCUT2D eigenvalue weighted by Crippen LogP contribution is 2.28. The number of carbonyl (C=O) groups excluding carboxylic acids is 1. The highest BCUT2D eigenvalue weighted by molar-refractivity contribution is 7.91. The number of para-hydroxylation sites is 1. The molecule has 0 aliphatic carbocycles. The zero-order valence-electron chi connectivity index (χ0n) is 14.1. The molecule has 0 fully saturated rings. The number of hydrogen-bond acceptors (Lipinski definition) is 4. The van der Waals surface area contributed by atoms with Crippen LogP contribution >= 0.6 is 0 Å². The molecule has 0 atom stereocenters. The summed E-state index contributed by atoms with van der Waals surface area (Å²) in [4.78, 5) is 11.2. The Hall–Kier alpha value is -2.35. The fraction of sp³-hybridized carbons (Fsp3) is 0.278. The average Bonchev–Trinajstić information content (AvgIpc) is 2.53. The van der Waals surface area contributed by atoms with Gasteiger partial charge in [0.25, 0.3) is 9.84 Å². The molecule has 0 amide bonds. The standard InChI is InChI=1S/C18H17F3O4S/c1-12-4-3-5-13(2)17(12)25-10-16-8-14(6-7-15(16)9-22)11-26(23,24)18(19,20)21/h3-9H,10-11H2,1-2H3. The Kier molecular flexibility index (Phi) is 5.75. The lowest BCUT2D eigenvalue weighted by Crippen LogP contribution is -2.24. The van der Waals surface area contributed by atoms with Gasteiger partial charge < -0.3 is 4.74 Å². The minimum Gasteiger partial charge on any atom is -0.488 e. The molecule has 2 aromatic carbocycles. The monoisotopic (exact) mass is 386 g/mol.